The molecule has 192 valence electrons. The van der Waals surface area contributed by atoms with Gasteiger partial charge in [-0.05, 0) is 57.4 Å². The van der Waals surface area contributed by atoms with Gasteiger partial charge in [0.05, 0.1) is 23.3 Å². The van der Waals surface area contributed by atoms with Crippen LogP contribution < -0.4 is 20.3 Å². The summed E-state index contributed by atoms with van der Waals surface area (Å²) in [7, 11) is -5.16. The normalized spacial score (nSPS) is 36.5. The van der Waals surface area contributed by atoms with Crippen molar-refractivity contribution < 1.29 is 26.0 Å². The maximum Gasteiger partial charge on any atom is 0.241 e. The lowest BCUT2D eigenvalue weighted by Gasteiger charge is -2.37. The van der Waals surface area contributed by atoms with E-state index in [4.69, 9.17) is 11.6 Å². The number of hydrogen-bond donors (Lipinski definition) is 4. The Kier molecular flexibility index (Phi) is 9.01. The van der Waals surface area contributed by atoms with Crippen LogP contribution in [0.4, 0.5) is 4.39 Å². The summed E-state index contributed by atoms with van der Waals surface area (Å²) in [5.74, 6) is -2.06. The van der Waals surface area contributed by atoms with Gasteiger partial charge in [0, 0.05) is 25.3 Å². The van der Waals surface area contributed by atoms with E-state index in [1.165, 1.54) is 0 Å². The van der Waals surface area contributed by atoms with Crippen molar-refractivity contribution in [2.45, 2.75) is 62.2 Å². The molecule has 0 bridgehead atoms. The van der Waals surface area contributed by atoms with Gasteiger partial charge in [-0.25, -0.2) is 25.9 Å². The van der Waals surface area contributed by atoms with Gasteiger partial charge in [-0.15, -0.1) is 16.4 Å². The highest BCUT2D eigenvalue weighted by molar-refractivity contribution is 7.89. The molecule has 0 aromatic carbocycles. The number of nitrogens with zero attached hydrogens (tertiary/aromatic N) is 1. The van der Waals surface area contributed by atoms with Crippen LogP contribution in [-0.4, -0.2) is 83.5 Å². The Hall–Kier alpha value is -0.570. The van der Waals surface area contributed by atoms with Crippen molar-refractivity contribution in [3.05, 3.63) is 0 Å². The second kappa shape index (κ2) is 11.0. The first-order chi connectivity index (χ1) is 15.3. The van der Waals surface area contributed by atoms with Crippen LogP contribution in [-0.2, 0) is 24.8 Å². The van der Waals surface area contributed by atoms with Gasteiger partial charge in [-0.2, -0.15) is 0 Å². The van der Waals surface area contributed by atoms with Crippen LogP contribution in [0.1, 0.15) is 38.5 Å². The van der Waals surface area contributed by atoms with Crippen molar-refractivity contribution in [1.82, 2.24) is 25.2 Å². The van der Waals surface area contributed by atoms with Crippen molar-refractivity contribution >= 4 is 37.6 Å². The highest BCUT2D eigenvalue weighted by Crippen LogP contribution is 2.37. The third-order valence-corrected chi connectivity index (χ3v) is 9.37. The van der Waals surface area contributed by atoms with E-state index in [0.29, 0.717) is 38.5 Å². The summed E-state index contributed by atoms with van der Waals surface area (Å²) in [4.78, 5) is 16.9. The average molecular weight is 532 g/mol. The summed E-state index contributed by atoms with van der Waals surface area (Å²) in [6, 6.07) is -0.0759. The number of alkyl halides is 2. The first kappa shape index (κ1) is 27.0. The molecule has 2 saturated carbocycles. The Bertz CT molecular complexity index is 900. The van der Waals surface area contributed by atoms with Gasteiger partial charge in [-0.3, -0.25) is 20.4 Å². The first-order valence-corrected chi connectivity index (χ1v) is 15.3. The highest BCUT2D eigenvalue weighted by Gasteiger charge is 2.44. The van der Waals surface area contributed by atoms with Gasteiger partial charge in [0.15, 0.2) is 0 Å². The van der Waals surface area contributed by atoms with E-state index in [2.05, 4.69) is 25.2 Å². The van der Waals surface area contributed by atoms with Gasteiger partial charge >= 0.3 is 0 Å². The van der Waals surface area contributed by atoms with Gasteiger partial charge in [0.25, 0.3) is 0 Å². The Morgan fingerprint density at radius 3 is 2.39 bits per heavy atom. The lowest BCUT2D eigenvalue weighted by atomic mass is 9.76. The zero-order valence-electron chi connectivity index (χ0n) is 19.0. The van der Waals surface area contributed by atoms with Crippen molar-refractivity contribution in [1.29, 1.82) is 0 Å². The van der Waals surface area contributed by atoms with E-state index < -0.39 is 43.4 Å². The molecule has 1 amide bonds. The number of halogens is 2. The summed E-state index contributed by atoms with van der Waals surface area (Å²) < 4.78 is 64.9. The molecule has 5 atom stereocenters. The molecule has 4 N–H and O–H groups in total. The Morgan fingerprint density at radius 1 is 1.15 bits per heavy atom. The standard InChI is InChI=1S/C19H35ClFN5O5S2/c1-26-9-17(22-11-26)13-7-15(18(21)16(20)8-13)19(27)23-25-33(30,31)10-12-3-5-14(6-4-12)24-32(2,28)29/h12-18,22,24-25H,3-11H2,1-2H3,(H,23,27). The molecule has 3 rings (SSSR count). The number of carbonyl (C=O) groups is 1. The van der Waals surface area contributed by atoms with Gasteiger partial charge < -0.3 is 0 Å². The van der Waals surface area contributed by atoms with Crippen molar-refractivity contribution in [3.63, 3.8) is 0 Å². The molecule has 5 unspecified atom stereocenters. The first-order valence-electron chi connectivity index (χ1n) is 11.3. The van der Waals surface area contributed by atoms with Gasteiger partial charge in [-0.1, -0.05) is 0 Å². The fourth-order valence-corrected chi connectivity index (χ4v) is 7.72. The molecule has 0 spiro atoms. The molecule has 3 fully saturated rings. The van der Waals surface area contributed by atoms with Crippen LogP contribution in [0, 0.1) is 17.8 Å². The zero-order chi connectivity index (χ0) is 24.4. The molecular weight excluding hydrogens is 497 g/mol. The number of hydrogen-bond acceptors (Lipinski definition) is 7. The van der Waals surface area contributed by atoms with E-state index in [0.717, 1.165) is 19.5 Å². The largest absolute Gasteiger partial charge is 0.300 e. The van der Waals surface area contributed by atoms with E-state index in [1.807, 2.05) is 7.05 Å². The molecule has 10 nitrogen and oxygen atoms in total. The fourth-order valence-electron chi connectivity index (χ4n) is 5.18. The smallest absolute Gasteiger partial charge is 0.241 e. The summed E-state index contributed by atoms with van der Waals surface area (Å²) >= 11 is 6.21. The van der Waals surface area contributed by atoms with Crippen LogP contribution in [0.25, 0.3) is 0 Å². The van der Waals surface area contributed by atoms with Crippen LogP contribution in [0.5, 0.6) is 0 Å². The predicted molar refractivity (Wildman–Crippen MR) is 124 cm³/mol. The van der Waals surface area contributed by atoms with Crippen LogP contribution in [0.2, 0.25) is 0 Å². The number of nitrogens with one attached hydrogen (secondary N) is 4. The minimum absolute atomic E-state index is 0.0209. The second-order valence-corrected chi connectivity index (χ2v) is 13.9. The average Bonchev–Trinajstić information content (AvgIpc) is 3.15. The quantitative estimate of drug-likeness (QED) is 0.253. The molecule has 1 aliphatic heterocycles. The summed E-state index contributed by atoms with van der Waals surface area (Å²) in [5.41, 5.74) is 2.19. The molecule has 2 aliphatic carbocycles. The SMILES string of the molecule is CN1CNC(C2CC(Cl)C(F)C(C(=O)NNS(=O)(=O)CC3CCC(NS(C)(=O)=O)CC3)C2)C1. The van der Waals surface area contributed by atoms with Gasteiger partial charge in [0.1, 0.15) is 6.17 Å². The van der Waals surface area contributed by atoms with E-state index in [-0.39, 0.29) is 29.7 Å². The molecular formula is C19H35ClFN5O5S2. The third kappa shape index (κ3) is 7.97. The lowest BCUT2D eigenvalue weighted by Crippen LogP contribution is -2.52. The Balaban J connectivity index is 1.48. The number of hydrazine groups is 1. The minimum atomic E-state index is -3.83. The van der Waals surface area contributed by atoms with Crippen LogP contribution >= 0.6 is 11.6 Å². The zero-order valence-corrected chi connectivity index (χ0v) is 21.4. The summed E-state index contributed by atoms with van der Waals surface area (Å²) in [5, 5.41) is 2.55. The number of carbonyl (C=O) groups excluding carboxylic acids is 1. The predicted octanol–water partition coefficient (Wildman–Crippen LogP) is -0.122. The topological polar surface area (TPSA) is 137 Å². The lowest BCUT2D eigenvalue weighted by molar-refractivity contribution is -0.129. The molecule has 0 aromatic rings. The molecule has 1 heterocycles. The third-order valence-electron chi connectivity index (χ3n) is 6.86. The van der Waals surface area contributed by atoms with E-state index in [9.17, 15) is 26.0 Å². The summed E-state index contributed by atoms with van der Waals surface area (Å²) in [6.45, 7) is 1.50. The second-order valence-electron chi connectivity index (χ2n) is 9.79. The molecule has 0 radical (unpaired) electrons. The fraction of sp³-hybridized carbons (Fsp3) is 0.947. The van der Waals surface area contributed by atoms with Gasteiger partial charge in [0.2, 0.25) is 26.0 Å². The molecule has 3 aliphatic rings. The molecule has 1 saturated heterocycles. The maximum atomic E-state index is 14.7. The van der Waals surface area contributed by atoms with E-state index >= 15 is 0 Å². The molecule has 14 heteroatoms. The van der Waals surface area contributed by atoms with Crippen LogP contribution in [0.15, 0.2) is 0 Å². The molecule has 33 heavy (non-hydrogen) atoms. The number of sulfonamides is 2. The molecule has 0 aromatic heterocycles. The maximum absolute atomic E-state index is 14.7. The number of amides is 1. The number of likely N-dealkylation sites (N-methyl/N-ethyl adjacent to an activating group) is 1. The van der Waals surface area contributed by atoms with Crippen molar-refractivity contribution in [2.24, 2.45) is 17.8 Å². The monoisotopic (exact) mass is 531 g/mol. The number of rotatable bonds is 8. The van der Waals surface area contributed by atoms with Crippen molar-refractivity contribution in [3.8, 4) is 0 Å². The minimum Gasteiger partial charge on any atom is -0.300 e. The van der Waals surface area contributed by atoms with Crippen molar-refractivity contribution in [2.75, 3.05) is 32.3 Å². The Morgan fingerprint density at radius 2 is 1.82 bits per heavy atom. The van der Waals surface area contributed by atoms with E-state index in [1.54, 1.807) is 0 Å². The Labute approximate surface area is 200 Å². The highest BCUT2D eigenvalue weighted by atomic mass is 35.5. The van der Waals surface area contributed by atoms with Crippen LogP contribution in [0.3, 0.4) is 0 Å². The summed E-state index contributed by atoms with van der Waals surface area (Å²) in [6.07, 6.45) is 2.50.